The minimum Gasteiger partial charge on any atom is -0.493 e. The van der Waals surface area contributed by atoms with Crippen LogP contribution < -0.4 is 10.2 Å². The van der Waals surface area contributed by atoms with Crippen LogP contribution in [0.1, 0.15) is 31.2 Å². The van der Waals surface area contributed by atoms with Crippen LogP contribution >= 0.6 is 0 Å². The van der Waals surface area contributed by atoms with E-state index in [1.54, 1.807) is 0 Å². The number of benzene rings is 1. The van der Waals surface area contributed by atoms with Gasteiger partial charge in [0.25, 0.3) is 0 Å². The third-order valence-corrected chi connectivity index (χ3v) is 5.42. The molecule has 1 aromatic heterocycles. The van der Waals surface area contributed by atoms with Crippen molar-refractivity contribution < 1.29 is 5.11 Å². The van der Waals surface area contributed by atoms with Gasteiger partial charge in [0.2, 0.25) is 5.88 Å². The van der Waals surface area contributed by atoms with Crippen molar-refractivity contribution in [1.82, 2.24) is 10.3 Å². The Morgan fingerprint density at radius 3 is 2.82 bits per heavy atom. The number of hydrogen-bond acceptors (Lipinski definition) is 4. The van der Waals surface area contributed by atoms with E-state index >= 15 is 0 Å². The molecule has 4 heteroatoms. The summed E-state index contributed by atoms with van der Waals surface area (Å²) in [6.07, 6.45) is 7.86. The Hall–Kier alpha value is -1.81. The fourth-order valence-electron chi connectivity index (χ4n) is 4.18. The first-order valence-electron chi connectivity index (χ1n) is 8.31. The van der Waals surface area contributed by atoms with E-state index in [0.29, 0.717) is 12.1 Å². The highest BCUT2D eigenvalue weighted by Gasteiger charge is 2.29. The lowest BCUT2D eigenvalue weighted by atomic mass is 9.88. The molecule has 2 N–H and O–H groups in total. The minimum absolute atomic E-state index is 0.154. The van der Waals surface area contributed by atoms with Gasteiger partial charge in [0.05, 0.1) is 0 Å². The van der Waals surface area contributed by atoms with E-state index in [1.807, 2.05) is 18.3 Å². The Bertz CT molecular complexity index is 692. The molecule has 0 bridgehead atoms. The van der Waals surface area contributed by atoms with Crippen LogP contribution in [0.3, 0.4) is 0 Å². The molecular weight excluding hydrogens is 274 g/mol. The summed E-state index contributed by atoms with van der Waals surface area (Å²) < 4.78 is 0. The van der Waals surface area contributed by atoms with Crippen molar-refractivity contribution in [3.8, 4) is 5.88 Å². The van der Waals surface area contributed by atoms with E-state index in [0.717, 1.165) is 18.4 Å². The summed E-state index contributed by atoms with van der Waals surface area (Å²) in [6.45, 7) is 1.06. The van der Waals surface area contributed by atoms with Crippen LogP contribution in [0.5, 0.6) is 5.88 Å². The smallest absolute Gasteiger partial charge is 0.218 e. The Balaban J connectivity index is 1.72. The maximum atomic E-state index is 10.1. The molecule has 2 heterocycles. The van der Waals surface area contributed by atoms with Gasteiger partial charge in [-0.3, -0.25) is 0 Å². The van der Waals surface area contributed by atoms with Crippen molar-refractivity contribution >= 4 is 16.5 Å². The monoisotopic (exact) mass is 297 g/mol. The third kappa shape index (κ3) is 2.13. The third-order valence-electron chi connectivity index (χ3n) is 5.42. The SMILES string of the molecule is CNC1CCC(N2CCc3cnc(O)c4cccc2c34)CC1. The fourth-order valence-corrected chi connectivity index (χ4v) is 4.18. The van der Waals surface area contributed by atoms with Crippen LogP contribution in [0.15, 0.2) is 24.4 Å². The van der Waals surface area contributed by atoms with Crippen LogP contribution in [0.25, 0.3) is 10.8 Å². The molecule has 22 heavy (non-hydrogen) atoms. The molecule has 0 radical (unpaired) electrons. The van der Waals surface area contributed by atoms with E-state index in [1.165, 1.54) is 42.3 Å². The summed E-state index contributed by atoms with van der Waals surface area (Å²) in [6, 6.07) is 7.53. The lowest BCUT2D eigenvalue weighted by molar-refractivity contribution is 0.344. The average molecular weight is 297 g/mol. The standard InChI is InChI=1S/C18H23N3O/c1-19-13-5-7-14(8-6-13)21-10-9-12-11-20-18(22)15-3-2-4-16(21)17(12)15/h2-4,11,13-14,19H,5-10H2,1H3,(H,20,22). The number of nitrogens with zero attached hydrogens (tertiary/aromatic N) is 2. The Labute approximate surface area is 131 Å². The van der Waals surface area contributed by atoms with Gasteiger partial charge < -0.3 is 15.3 Å². The van der Waals surface area contributed by atoms with Gasteiger partial charge in [0.1, 0.15) is 0 Å². The second kappa shape index (κ2) is 5.43. The Morgan fingerprint density at radius 1 is 1.23 bits per heavy atom. The molecule has 0 atom stereocenters. The predicted molar refractivity (Wildman–Crippen MR) is 89.6 cm³/mol. The second-order valence-electron chi connectivity index (χ2n) is 6.54. The van der Waals surface area contributed by atoms with Gasteiger partial charge in [-0.1, -0.05) is 6.07 Å². The number of nitrogens with one attached hydrogen (secondary N) is 1. The summed E-state index contributed by atoms with van der Waals surface area (Å²) in [5.74, 6) is 0.154. The van der Waals surface area contributed by atoms with E-state index < -0.39 is 0 Å². The van der Waals surface area contributed by atoms with Gasteiger partial charge in [0.15, 0.2) is 0 Å². The minimum atomic E-state index is 0.154. The summed E-state index contributed by atoms with van der Waals surface area (Å²) in [4.78, 5) is 6.71. The van der Waals surface area contributed by atoms with Gasteiger partial charge in [-0.2, -0.15) is 0 Å². The van der Waals surface area contributed by atoms with Gasteiger partial charge >= 0.3 is 0 Å². The molecule has 116 valence electrons. The van der Waals surface area contributed by atoms with E-state index in [4.69, 9.17) is 0 Å². The zero-order valence-electron chi connectivity index (χ0n) is 13.0. The quantitative estimate of drug-likeness (QED) is 0.895. The highest BCUT2D eigenvalue weighted by Crippen LogP contribution is 2.39. The average Bonchev–Trinajstić information content (AvgIpc) is 2.58. The molecule has 1 aliphatic heterocycles. The lowest BCUT2D eigenvalue weighted by Crippen LogP contribution is -2.43. The molecule has 4 nitrogen and oxygen atoms in total. The highest BCUT2D eigenvalue weighted by atomic mass is 16.3. The first-order valence-corrected chi connectivity index (χ1v) is 8.31. The van der Waals surface area contributed by atoms with Gasteiger partial charge in [0, 0.05) is 41.3 Å². The van der Waals surface area contributed by atoms with Crippen LogP contribution in [0, 0.1) is 0 Å². The fraction of sp³-hybridized carbons (Fsp3) is 0.500. The lowest BCUT2D eigenvalue weighted by Gasteiger charge is -2.41. The topological polar surface area (TPSA) is 48.4 Å². The number of pyridine rings is 1. The van der Waals surface area contributed by atoms with Gasteiger partial charge in [-0.05, 0) is 56.8 Å². The number of rotatable bonds is 2. The summed E-state index contributed by atoms with van der Waals surface area (Å²) >= 11 is 0. The summed E-state index contributed by atoms with van der Waals surface area (Å²) in [7, 11) is 2.07. The number of aromatic nitrogens is 1. The van der Waals surface area contributed by atoms with Crippen LogP contribution in [-0.2, 0) is 6.42 Å². The van der Waals surface area contributed by atoms with Crippen molar-refractivity contribution in [2.45, 2.75) is 44.2 Å². The van der Waals surface area contributed by atoms with Gasteiger partial charge in [-0.25, -0.2) is 4.98 Å². The van der Waals surface area contributed by atoms with Crippen molar-refractivity contribution in [2.75, 3.05) is 18.5 Å². The molecule has 0 amide bonds. The van der Waals surface area contributed by atoms with E-state index in [-0.39, 0.29) is 5.88 Å². The van der Waals surface area contributed by atoms with E-state index in [9.17, 15) is 5.11 Å². The molecule has 2 aromatic rings. The molecule has 2 aliphatic rings. The molecule has 1 aliphatic carbocycles. The van der Waals surface area contributed by atoms with E-state index in [2.05, 4.69) is 28.3 Å². The predicted octanol–water partition coefficient (Wildman–Crippen LogP) is 2.83. The normalized spacial score (nSPS) is 24.7. The molecular formula is C18H23N3O. The first kappa shape index (κ1) is 13.8. The summed E-state index contributed by atoms with van der Waals surface area (Å²) in [5, 5.41) is 15.6. The molecule has 1 aromatic carbocycles. The highest BCUT2D eigenvalue weighted by molar-refractivity contribution is 6.00. The number of aromatic hydroxyl groups is 1. The van der Waals surface area contributed by atoms with Crippen LogP contribution in [0.4, 0.5) is 5.69 Å². The molecule has 1 fully saturated rings. The number of hydrogen-bond donors (Lipinski definition) is 2. The molecule has 0 spiro atoms. The van der Waals surface area contributed by atoms with Gasteiger partial charge in [-0.15, -0.1) is 0 Å². The summed E-state index contributed by atoms with van der Waals surface area (Å²) in [5.41, 5.74) is 2.55. The largest absolute Gasteiger partial charge is 0.493 e. The van der Waals surface area contributed by atoms with Crippen molar-refractivity contribution in [1.29, 1.82) is 0 Å². The Kier molecular flexibility index (Phi) is 3.41. The zero-order valence-corrected chi connectivity index (χ0v) is 13.0. The van der Waals surface area contributed by atoms with Crippen molar-refractivity contribution in [2.24, 2.45) is 0 Å². The van der Waals surface area contributed by atoms with Crippen molar-refractivity contribution in [3.63, 3.8) is 0 Å². The number of anilines is 1. The maximum absolute atomic E-state index is 10.1. The van der Waals surface area contributed by atoms with Crippen LogP contribution in [-0.4, -0.2) is 35.8 Å². The van der Waals surface area contributed by atoms with Crippen molar-refractivity contribution in [3.05, 3.63) is 30.0 Å². The zero-order chi connectivity index (χ0) is 15.1. The maximum Gasteiger partial charge on any atom is 0.218 e. The second-order valence-corrected chi connectivity index (χ2v) is 6.54. The first-order chi connectivity index (χ1) is 10.8. The Morgan fingerprint density at radius 2 is 2.05 bits per heavy atom. The molecule has 0 saturated heterocycles. The molecule has 0 unspecified atom stereocenters. The molecule has 1 saturated carbocycles. The van der Waals surface area contributed by atoms with Crippen LogP contribution in [0.2, 0.25) is 0 Å². The molecule has 4 rings (SSSR count).